The van der Waals surface area contributed by atoms with E-state index in [1.807, 2.05) is 11.8 Å². The molecule has 2 aliphatic rings. The zero-order valence-corrected chi connectivity index (χ0v) is 13.6. The van der Waals surface area contributed by atoms with Gasteiger partial charge in [-0.2, -0.15) is 0 Å². The number of hydrogen-bond donors (Lipinski definition) is 2. The van der Waals surface area contributed by atoms with Crippen molar-refractivity contribution >= 4 is 5.91 Å². The average Bonchev–Trinajstić information content (AvgIpc) is 2.47. The van der Waals surface area contributed by atoms with Crippen molar-refractivity contribution in [1.29, 1.82) is 0 Å². The summed E-state index contributed by atoms with van der Waals surface area (Å²) in [7, 11) is 0. The molecule has 1 saturated heterocycles. The van der Waals surface area contributed by atoms with Gasteiger partial charge in [0.05, 0.1) is 11.6 Å². The lowest BCUT2D eigenvalue weighted by atomic mass is 9.81. The van der Waals surface area contributed by atoms with Gasteiger partial charge in [0.15, 0.2) is 0 Å². The van der Waals surface area contributed by atoms with Crippen molar-refractivity contribution in [1.82, 2.24) is 9.80 Å². The van der Waals surface area contributed by atoms with Crippen molar-refractivity contribution < 1.29 is 9.90 Å². The van der Waals surface area contributed by atoms with Crippen LogP contribution in [0.3, 0.4) is 0 Å². The van der Waals surface area contributed by atoms with Crippen molar-refractivity contribution in [3.63, 3.8) is 0 Å². The van der Waals surface area contributed by atoms with Crippen LogP contribution >= 0.6 is 0 Å². The van der Waals surface area contributed by atoms with Crippen molar-refractivity contribution in [2.45, 2.75) is 70.1 Å². The van der Waals surface area contributed by atoms with E-state index in [0.29, 0.717) is 12.6 Å². The van der Waals surface area contributed by atoms with Gasteiger partial charge in [-0.15, -0.1) is 0 Å². The summed E-state index contributed by atoms with van der Waals surface area (Å²) < 4.78 is 0. The second kappa shape index (κ2) is 7.07. The van der Waals surface area contributed by atoms with Gasteiger partial charge in [0.2, 0.25) is 5.91 Å². The molecule has 2 unspecified atom stereocenters. The highest BCUT2D eigenvalue weighted by Crippen LogP contribution is 2.28. The second-order valence-electron chi connectivity index (χ2n) is 6.87. The highest BCUT2D eigenvalue weighted by Gasteiger charge is 2.40. The van der Waals surface area contributed by atoms with Gasteiger partial charge in [0, 0.05) is 32.2 Å². The maximum atomic E-state index is 12.8. The van der Waals surface area contributed by atoms with E-state index in [0.717, 1.165) is 51.7 Å². The molecular formula is C16H31N3O2. The molecule has 1 saturated carbocycles. The predicted molar refractivity (Wildman–Crippen MR) is 83.9 cm³/mol. The molecule has 0 bridgehead atoms. The Morgan fingerprint density at radius 1 is 1.33 bits per heavy atom. The van der Waals surface area contributed by atoms with Crippen molar-refractivity contribution in [3.05, 3.63) is 0 Å². The van der Waals surface area contributed by atoms with Crippen LogP contribution < -0.4 is 5.73 Å². The van der Waals surface area contributed by atoms with Crippen LogP contribution in [-0.2, 0) is 4.79 Å². The van der Waals surface area contributed by atoms with Gasteiger partial charge >= 0.3 is 0 Å². The monoisotopic (exact) mass is 297 g/mol. The summed E-state index contributed by atoms with van der Waals surface area (Å²) in [6.07, 6.45) is 5.68. The lowest BCUT2D eigenvalue weighted by molar-refractivity contribution is -0.141. The molecule has 5 nitrogen and oxygen atoms in total. The number of amides is 1. The number of carbonyl (C=O) groups is 1. The number of nitrogens with zero attached hydrogens (tertiary/aromatic N) is 2. The van der Waals surface area contributed by atoms with Crippen molar-refractivity contribution in [2.24, 2.45) is 5.73 Å². The molecule has 0 aromatic rings. The molecule has 1 aliphatic carbocycles. The van der Waals surface area contributed by atoms with Crippen LogP contribution in [0.25, 0.3) is 0 Å². The number of carbonyl (C=O) groups excluding carboxylic acids is 1. The lowest BCUT2D eigenvalue weighted by Crippen LogP contribution is -2.62. The van der Waals surface area contributed by atoms with Crippen LogP contribution in [0.2, 0.25) is 0 Å². The van der Waals surface area contributed by atoms with E-state index >= 15 is 0 Å². The topological polar surface area (TPSA) is 69.8 Å². The van der Waals surface area contributed by atoms with E-state index in [2.05, 4.69) is 11.8 Å². The van der Waals surface area contributed by atoms with Crippen LogP contribution in [-0.4, -0.2) is 64.7 Å². The van der Waals surface area contributed by atoms with E-state index in [9.17, 15) is 9.90 Å². The first kappa shape index (κ1) is 16.7. The molecule has 1 aliphatic heterocycles. The fraction of sp³-hybridized carbons (Fsp3) is 0.938. The second-order valence-corrected chi connectivity index (χ2v) is 6.87. The predicted octanol–water partition coefficient (Wildman–Crippen LogP) is 0.952. The summed E-state index contributed by atoms with van der Waals surface area (Å²) in [5.74, 6) is 0.150. The molecule has 122 valence electrons. The molecule has 1 amide bonds. The highest BCUT2D eigenvalue weighted by molar-refractivity contribution is 5.86. The van der Waals surface area contributed by atoms with E-state index in [-0.39, 0.29) is 12.0 Å². The minimum atomic E-state index is -0.622. The van der Waals surface area contributed by atoms with Crippen LogP contribution in [0.4, 0.5) is 0 Å². The van der Waals surface area contributed by atoms with E-state index in [1.165, 1.54) is 6.42 Å². The third-order valence-corrected chi connectivity index (χ3v) is 5.03. The van der Waals surface area contributed by atoms with Gasteiger partial charge in [0.1, 0.15) is 0 Å². The molecule has 1 heterocycles. The molecule has 2 atom stereocenters. The summed E-state index contributed by atoms with van der Waals surface area (Å²) >= 11 is 0. The SMILES string of the molecule is CCC1CN(C(=O)C2(N)CCCCC2)CCN1CC(C)O. The summed E-state index contributed by atoms with van der Waals surface area (Å²) in [6.45, 7) is 6.98. The quantitative estimate of drug-likeness (QED) is 0.810. The van der Waals surface area contributed by atoms with Crippen LogP contribution in [0.15, 0.2) is 0 Å². The molecule has 0 spiro atoms. The zero-order valence-electron chi connectivity index (χ0n) is 13.6. The number of rotatable bonds is 4. The largest absolute Gasteiger partial charge is 0.392 e. The van der Waals surface area contributed by atoms with Crippen molar-refractivity contribution in [3.8, 4) is 0 Å². The van der Waals surface area contributed by atoms with Gasteiger partial charge in [-0.3, -0.25) is 9.69 Å². The Bertz CT molecular complexity index is 353. The van der Waals surface area contributed by atoms with Gasteiger partial charge in [-0.25, -0.2) is 0 Å². The summed E-state index contributed by atoms with van der Waals surface area (Å²) in [4.78, 5) is 17.1. The third-order valence-electron chi connectivity index (χ3n) is 5.03. The molecule has 21 heavy (non-hydrogen) atoms. The lowest BCUT2D eigenvalue weighted by Gasteiger charge is -2.45. The maximum Gasteiger partial charge on any atom is 0.242 e. The first-order chi connectivity index (χ1) is 9.96. The van der Waals surface area contributed by atoms with Gasteiger partial charge in [0.25, 0.3) is 0 Å². The zero-order chi connectivity index (χ0) is 15.5. The summed E-state index contributed by atoms with van der Waals surface area (Å²) in [6, 6.07) is 0.337. The number of aliphatic hydroxyl groups excluding tert-OH is 1. The molecule has 5 heteroatoms. The number of hydrogen-bond acceptors (Lipinski definition) is 4. The average molecular weight is 297 g/mol. The van der Waals surface area contributed by atoms with Crippen LogP contribution in [0, 0.1) is 0 Å². The van der Waals surface area contributed by atoms with E-state index in [4.69, 9.17) is 5.73 Å². The smallest absolute Gasteiger partial charge is 0.242 e. The standard InChI is InChI=1S/C16H31N3O2/c1-3-14-12-19(10-9-18(14)11-13(2)20)15(21)16(17)7-5-4-6-8-16/h13-14,20H,3-12,17H2,1-2H3. The third kappa shape index (κ3) is 3.96. The summed E-state index contributed by atoms with van der Waals surface area (Å²) in [5, 5.41) is 9.60. The fourth-order valence-electron chi connectivity index (χ4n) is 3.76. The minimum Gasteiger partial charge on any atom is -0.392 e. The normalized spacial score (nSPS) is 28.4. The number of β-amino-alcohol motifs (C(OH)–C–C–N with tert-alkyl or cyclic N) is 1. The first-order valence-electron chi connectivity index (χ1n) is 8.46. The first-order valence-corrected chi connectivity index (χ1v) is 8.46. The molecule has 0 aromatic carbocycles. The molecule has 0 radical (unpaired) electrons. The Hall–Kier alpha value is -0.650. The number of aliphatic hydroxyl groups is 1. The molecule has 3 N–H and O–H groups in total. The van der Waals surface area contributed by atoms with E-state index < -0.39 is 5.54 Å². The maximum absolute atomic E-state index is 12.8. The minimum absolute atomic E-state index is 0.150. The van der Waals surface area contributed by atoms with Crippen molar-refractivity contribution in [2.75, 3.05) is 26.2 Å². The van der Waals surface area contributed by atoms with Crippen LogP contribution in [0.1, 0.15) is 52.4 Å². The number of nitrogens with two attached hydrogens (primary N) is 1. The Morgan fingerprint density at radius 2 is 2.00 bits per heavy atom. The molecular weight excluding hydrogens is 266 g/mol. The molecule has 0 aromatic heterocycles. The fourth-order valence-corrected chi connectivity index (χ4v) is 3.76. The Labute approximate surface area is 128 Å². The summed E-state index contributed by atoms with van der Waals surface area (Å²) in [5.41, 5.74) is 5.77. The molecule has 2 rings (SSSR count). The molecule has 2 fully saturated rings. The van der Waals surface area contributed by atoms with Crippen LogP contribution in [0.5, 0.6) is 0 Å². The number of piperazine rings is 1. The van der Waals surface area contributed by atoms with Gasteiger partial charge in [-0.05, 0) is 26.2 Å². The highest BCUT2D eigenvalue weighted by atomic mass is 16.3. The Morgan fingerprint density at radius 3 is 2.57 bits per heavy atom. The van der Waals surface area contributed by atoms with Gasteiger partial charge in [-0.1, -0.05) is 26.2 Å². The van der Waals surface area contributed by atoms with E-state index in [1.54, 1.807) is 0 Å². The Kier molecular flexibility index (Phi) is 5.63. The van der Waals surface area contributed by atoms with Gasteiger partial charge < -0.3 is 15.7 Å². The Balaban J connectivity index is 1.97.